The van der Waals surface area contributed by atoms with Crippen molar-refractivity contribution < 1.29 is 14.7 Å². The summed E-state index contributed by atoms with van der Waals surface area (Å²) in [6, 6.07) is 3.20. The van der Waals surface area contributed by atoms with E-state index in [2.05, 4.69) is 10.3 Å². The van der Waals surface area contributed by atoms with Crippen LogP contribution in [-0.2, 0) is 4.79 Å². The Kier molecular flexibility index (Phi) is 4.45. The third kappa shape index (κ3) is 4.10. The average molecular weight is 237 g/mol. The number of aromatic nitrogens is 1. The molecule has 1 atom stereocenters. The summed E-state index contributed by atoms with van der Waals surface area (Å²) in [5.41, 5.74) is 5.41. The number of carboxylic acids is 1. The molecule has 1 aromatic rings. The van der Waals surface area contributed by atoms with Crippen molar-refractivity contribution in [3.05, 3.63) is 23.9 Å². The normalized spacial score (nSPS) is 11.8. The fraction of sp³-hybridized carbons (Fsp3) is 0.364. The number of carbonyl (C=O) groups excluding carboxylic acids is 1. The second-order valence-electron chi connectivity index (χ2n) is 3.75. The molecule has 1 aromatic heterocycles. The molecule has 4 N–H and O–H groups in total. The minimum atomic E-state index is -0.816. The van der Waals surface area contributed by atoms with Crippen molar-refractivity contribution in [1.82, 2.24) is 4.98 Å². The van der Waals surface area contributed by atoms with Crippen LogP contribution in [0.25, 0.3) is 0 Å². The molecule has 0 saturated heterocycles. The van der Waals surface area contributed by atoms with Crippen molar-refractivity contribution in [2.24, 2.45) is 11.7 Å². The van der Waals surface area contributed by atoms with Crippen LogP contribution in [0, 0.1) is 5.92 Å². The van der Waals surface area contributed by atoms with Crippen molar-refractivity contribution >= 4 is 17.7 Å². The highest BCUT2D eigenvalue weighted by molar-refractivity contribution is 5.92. The lowest BCUT2D eigenvalue weighted by molar-refractivity contribution is -0.141. The molecule has 0 saturated carbocycles. The van der Waals surface area contributed by atoms with Crippen LogP contribution in [0.2, 0.25) is 0 Å². The molecule has 1 rings (SSSR count). The van der Waals surface area contributed by atoms with E-state index < -0.39 is 17.8 Å². The van der Waals surface area contributed by atoms with E-state index in [1.807, 2.05) is 0 Å². The molecule has 0 bridgehead atoms. The Hall–Kier alpha value is -2.11. The maximum absolute atomic E-state index is 10.8. The van der Waals surface area contributed by atoms with E-state index in [4.69, 9.17) is 10.8 Å². The van der Waals surface area contributed by atoms with E-state index in [1.165, 1.54) is 6.20 Å². The minimum Gasteiger partial charge on any atom is -0.481 e. The van der Waals surface area contributed by atoms with E-state index in [-0.39, 0.29) is 0 Å². The lowest BCUT2D eigenvalue weighted by atomic mass is 10.1. The first kappa shape index (κ1) is 13.0. The molecule has 92 valence electrons. The van der Waals surface area contributed by atoms with Crippen LogP contribution in [0.5, 0.6) is 0 Å². The summed E-state index contributed by atoms with van der Waals surface area (Å²) in [7, 11) is 0. The number of rotatable bonds is 6. The zero-order valence-electron chi connectivity index (χ0n) is 9.51. The van der Waals surface area contributed by atoms with Gasteiger partial charge in [0.1, 0.15) is 5.82 Å². The van der Waals surface area contributed by atoms with Gasteiger partial charge >= 0.3 is 5.97 Å². The average Bonchev–Trinajstić information content (AvgIpc) is 2.29. The number of carbonyl (C=O) groups is 2. The lowest BCUT2D eigenvalue weighted by Gasteiger charge is -2.08. The number of carboxylic acid groups (broad SMARTS) is 1. The number of primary amides is 1. The van der Waals surface area contributed by atoms with E-state index in [0.717, 1.165) is 0 Å². The first-order chi connectivity index (χ1) is 8.00. The number of pyridine rings is 1. The molecular weight excluding hydrogens is 222 g/mol. The number of aliphatic carboxylic acids is 1. The molecule has 0 radical (unpaired) electrons. The molecular formula is C11H15N3O3. The van der Waals surface area contributed by atoms with Crippen molar-refractivity contribution in [2.45, 2.75) is 13.3 Å². The van der Waals surface area contributed by atoms with Crippen LogP contribution < -0.4 is 11.1 Å². The van der Waals surface area contributed by atoms with Crippen LogP contribution in [0.4, 0.5) is 5.82 Å². The number of amides is 1. The van der Waals surface area contributed by atoms with Crippen LogP contribution in [0.15, 0.2) is 18.3 Å². The van der Waals surface area contributed by atoms with Gasteiger partial charge in [0.25, 0.3) is 0 Å². The first-order valence-corrected chi connectivity index (χ1v) is 5.23. The summed E-state index contributed by atoms with van der Waals surface area (Å²) in [6.07, 6.45) is 1.89. The van der Waals surface area contributed by atoms with Crippen molar-refractivity contribution in [2.75, 3.05) is 11.9 Å². The predicted molar refractivity (Wildman–Crippen MR) is 62.7 cm³/mol. The Morgan fingerprint density at radius 3 is 2.71 bits per heavy atom. The number of hydrogen-bond acceptors (Lipinski definition) is 4. The first-order valence-electron chi connectivity index (χ1n) is 5.23. The molecule has 0 aliphatic carbocycles. The quantitative estimate of drug-likeness (QED) is 0.675. The van der Waals surface area contributed by atoms with E-state index in [9.17, 15) is 9.59 Å². The van der Waals surface area contributed by atoms with Gasteiger partial charge in [-0.2, -0.15) is 0 Å². The number of nitrogens with two attached hydrogens (primary N) is 1. The summed E-state index contributed by atoms with van der Waals surface area (Å²) < 4.78 is 0. The van der Waals surface area contributed by atoms with Gasteiger partial charge in [-0.25, -0.2) is 4.98 Å². The Labute approximate surface area is 98.8 Å². The van der Waals surface area contributed by atoms with Gasteiger partial charge in [-0.3, -0.25) is 9.59 Å². The highest BCUT2D eigenvalue weighted by Crippen LogP contribution is 2.06. The zero-order chi connectivity index (χ0) is 12.8. The zero-order valence-corrected chi connectivity index (χ0v) is 9.51. The predicted octanol–water partition coefficient (Wildman–Crippen LogP) is 0.703. The van der Waals surface area contributed by atoms with E-state index in [0.29, 0.717) is 24.3 Å². The summed E-state index contributed by atoms with van der Waals surface area (Å²) >= 11 is 0. The minimum absolute atomic E-state index is 0.342. The number of nitrogens with zero attached hydrogens (tertiary/aromatic N) is 1. The second kappa shape index (κ2) is 5.83. The fourth-order valence-electron chi connectivity index (χ4n) is 1.18. The molecule has 1 unspecified atom stereocenters. The third-order valence-corrected chi connectivity index (χ3v) is 2.35. The van der Waals surface area contributed by atoms with Crippen LogP contribution in [0.1, 0.15) is 23.7 Å². The van der Waals surface area contributed by atoms with Gasteiger partial charge in [0.15, 0.2) is 0 Å². The Morgan fingerprint density at radius 2 is 2.24 bits per heavy atom. The maximum atomic E-state index is 10.8. The molecule has 0 aromatic carbocycles. The Bertz CT molecular complexity index is 403. The number of anilines is 1. The summed E-state index contributed by atoms with van der Waals surface area (Å²) in [5, 5.41) is 11.7. The smallest absolute Gasteiger partial charge is 0.306 e. The van der Waals surface area contributed by atoms with Crippen molar-refractivity contribution in [1.29, 1.82) is 0 Å². The molecule has 1 heterocycles. The highest BCUT2D eigenvalue weighted by atomic mass is 16.4. The van der Waals surface area contributed by atoms with Gasteiger partial charge in [-0.05, 0) is 18.6 Å². The Morgan fingerprint density at radius 1 is 1.53 bits per heavy atom. The molecule has 6 heteroatoms. The summed E-state index contributed by atoms with van der Waals surface area (Å²) in [6.45, 7) is 2.16. The largest absolute Gasteiger partial charge is 0.481 e. The molecule has 1 amide bonds. The summed E-state index contributed by atoms with van der Waals surface area (Å²) in [4.78, 5) is 25.3. The third-order valence-electron chi connectivity index (χ3n) is 2.35. The van der Waals surface area contributed by atoms with Crippen molar-refractivity contribution in [3.8, 4) is 0 Å². The van der Waals surface area contributed by atoms with Gasteiger partial charge in [-0.15, -0.1) is 0 Å². The van der Waals surface area contributed by atoms with E-state index in [1.54, 1.807) is 19.1 Å². The number of nitrogens with one attached hydrogen (secondary N) is 1. The molecule has 0 aliphatic heterocycles. The summed E-state index contributed by atoms with van der Waals surface area (Å²) in [5.74, 6) is -1.15. The molecule has 17 heavy (non-hydrogen) atoms. The van der Waals surface area contributed by atoms with Gasteiger partial charge in [-0.1, -0.05) is 6.92 Å². The monoisotopic (exact) mass is 237 g/mol. The van der Waals surface area contributed by atoms with E-state index >= 15 is 0 Å². The molecule has 6 nitrogen and oxygen atoms in total. The van der Waals surface area contributed by atoms with Gasteiger partial charge in [0.05, 0.1) is 11.5 Å². The van der Waals surface area contributed by atoms with Crippen LogP contribution >= 0.6 is 0 Å². The second-order valence-corrected chi connectivity index (χ2v) is 3.75. The standard InChI is InChI=1S/C11H15N3O3/c1-7(11(16)17)4-5-13-9-3-2-8(6-14-9)10(12)15/h2-3,6-7H,4-5H2,1H3,(H2,12,15)(H,13,14)(H,16,17). The van der Waals surface area contributed by atoms with Gasteiger partial charge in [0, 0.05) is 12.7 Å². The molecule has 0 fully saturated rings. The molecule has 0 aliphatic rings. The van der Waals surface area contributed by atoms with Crippen LogP contribution in [-0.4, -0.2) is 28.5 Å². The van der Waals surface area contributed by atoms with Crippen molar-refractivity contribution in [3.63, 3.8) is 0 Å². The van der Waals surface area contributed by atoms with Gasteiger partial charge in [0.2, 0.25) is 5.91 Å². The lowest BCUT2D eigenvalue weighted by Crippen LogP contribution is -2.15. The van der Waals surface area contributed by atoms with Gasteiger partial charge < -0.3 is 16.2 Å². The van der Waals surface area contributed by atoms with Crippen LogP contribution in [0.3, 0.4) is 0 Å². The highest BCUT2D eigenvalue weighted by Gasteiger charge is 2.09. The Balaban J connectivity index is 2.42. The molecule has 0 spiro atoms. The SMILES string of the molecule is CC(CCNc1ccc(C(N)=O)cn1)C(=O)O. The topological polar surface area (TPSA) is 105 Å². The fourth-order valence-corrected chi connectivity index (χ4v) is 1.18. The number of hydrogen-bond donors (Lipinski definition) is 3. The maximum Gasteiger partial charge on any atom is 0.306 e.